The zero-order valence-corrected chi connectivity index (χ0v) is 14.8. The largest absolute Gasteiger partial charge is 0.598 e. The fraction of sp³-hybridized carbons (Fsp3) is 0.300. The Labute approximate surface area is 145 Å². The van der Waals surface area contributed by atoms with E-state index in [2.05, 4.69) is 63.4 Å². The highest BCUT2D eigenvalue weighted by Crippen LogP contribution is 2.40. The minimum absolute atomic E-state index is 0.383. The SMILES string of the molecule is C=Cc1ccc(N(B2OC(C)(C)C(C)(C)O2)c2ccccc2)cc1. The van der Waals surface area contributed by atoms with E-state index in [1.807, 2.05) is 36.4 Å². The summed E-state index contributed by atoms with van der Waals surface area (Å²) in [7, 11) is -0.480. The van der Waals surface area contributed by atoms with Gasteiger partial charge in [0.15, 0.2) is 0 Å². The van der Waals surface area contributed by atoms with Crippen molar-refractivity contribution in [3.63, 3.8) is 0 Å². The van der Waals surface area contributed by atoms with Gasteiger partial charge in [0, 0.05) is 11.4 Å². The van der Waals surface area contributed by atoms with Crippen LogP contribution in [0.1, 0.15) is 33.3 Å². The van der Waals surface area contributed by atoms with Crippen molar-refractivity contribution in [3.8, 4) is 0 Å². The number of hydrogen-bond acceptors (Lipinski definition) is 3. The summed E-state index contributed by atoms with van der Waals surface area (Å²) in [6, 6.07) is 18.4. The molecule has 0 radical (unpaired) electrons. The molecule has 1 aliphatic heterocycles. The molecule has 0 saturated carbocycles. The van der Waals surface area contributed by atoms with E-state index >= 15 is 0 Å². The lowest BCUT2D eigenvalue weighted by Crippen LogP contribution is -2.41. The molecule has 0 N–H and O–H groups in total. The molecule has 4 heteroatoms. The Kier molecular flexibility index (Phi) is 4.28. The van der Waals surface area contributed by atoms with E-state index in [-0.39, 0.29) is 11.2 Å². The van der Waals surface area contributed by atoms with Crippen LogP contribution in [0.5, 0.6) is 0 Å². The molecule has 1 fully saturated rings. The van der Waals surface area contributed by atoms with Gasteiger partial charge in [0.2, 0.25) is 0 Å². The van der Waals surface area contributed by atoms with Crippen molar-refractivity contribution in [2.45, 2.75) is 38.9 Å². The quantitative estimate of drug-likeness (QED) is 0.735. The Bertz CT molecular complexity index is 694. The van der Waals surface area contributed by atoms with Gasteiger partial charge < -0.3 is 14.1 Å². The number of benzene rings is 2. The molecule has 1 saturated heterocycles. The third-order valence-corrected chi connectivity index (χ3v) is 4.89. The Morgan fingerprint density at radius 2 is 1.33 bits per heavy atom. The van der Waals surface area contributed by atoms with Gasteiger partial charge in [-0.2, -0.15) is 0 Å². The zero-order chi connectivity index (χ0) is 17.4. The maximum atomic E-state index is 6.28. The summed E-state index contributed by atoms with van der Waals surface area (Å²) < 4.78 is 12.6. The maximum absolute atomic E-state index is 6.28. The average Bonchev–Trinajstić information content (AvgIpc) is 2.77. The molecule has 0 spiro atoms. The number of anilines is 2. The highest BCUT2D eigenvalue weighted by atomic mass is 16.7. The van der Waals surface area contributed by atoms with Gasteiger partial charge in [0.1, 0.15) is 0 Å². The molecule has 0 unspecified atom stereocenters. The number of nitrogens with zero attached hydrogens (tertiary/aromatic N) is 1. The monoisotopic (exact) mass is 321 g/mol. The first kappa shape index (κ1) is 16.8. The summed E-state index contributed by atoms with van der Waals surface area (Å²) in [6.07, 6.45) is 1.84. The molecule has 0 atom stereocenters. The third-order valence-electron chi connectivity index (χ3n) is 4.89. The Morgan fingerprint density at radius 1 is 0.833 bits per heavy atom. The summed E-state index contributed by atoms with van der Waals surface area (Å²) in [4.78, 5) is 2.09. The van der Waals surface area contributed by atoms with Gasteiger partial charge in [0.25, 0.3) is 0 Å². The van der Waals surface area contributed by atoms with Gasteiger partial charge in [-0.15, -0.1) is 0 Å². The van der Waals surface area contributed by atoms with Crippen LogP contribution in [0.2, 0.25) is 0 Å². The summed E-state index contributed by atoms with van der Waals surface area (Å²) in [5.41, 5.74) is 2.37. The van der Waals surface area contributed by atoms with Crippen LogP contribution in [-0.2, 0) is 9.31 Å². The normalized spacial score (nSPS) is 18.4. The molecular weight excluding hydrogens is 297 g/mol. The van der Waals surface area contributed by atoms with Gasteiger partial charge in [-0.25, -0.2) is 0 Å². The molecule has 1 heterocycles. The van der Waals surface area contributed by atoms with Crippen molar-refractivity contribution in [1.29, 1.82) is 0 Å². The van der Waals surface area contributed by atoms with Crippen molar-refractivity contribution in [2.24, 2.45) is 0 Å². The summed E-state index contributed by atoms with van der Waals surface area (Å²) in [5, 5.41) is 0. The van der Waals surface area contributed by atoms with Crippen molar-refractivity contribution in [3.05, 3.63) is 66.7 Å². The molecule has 3 rings (SSSR count). The molecular formula is C20H24BNO2. The van der Waals surface area contributed by atoms with Crippen LogP contribution in [-0.4, -0.2) is 18.5 Å². The van der Waals surface area contributed by atoms with Crippen LogP contribution in [0.3, 0.4) is 0 Å². The molecule has 2 aromatic rings. The van der Waals surface area contributed by atoms with E-state index in [1.54, 1.807) is 0 Å². The first-order chi connectivity index (χ1) is 11.3. The predicted molar refractivity (Wildman–Crippen MR) is 101 cm³/mol. The van der Waals surface area contributed by atoms with Crippen LogP contribution in [0.25, 0.3) is 6.08 Å². The molecule has 0 amide bonds. The second-order valence-corrected chi connectivity index (χ2v) is 7.06. The third kappa shape index (κ3) is 3.00. The number of para-hydroxylation sites is 1. The second kappa shape index (κ2) is 6.12. The van der Waals surface area contributed by atoms with Crippen molar-refractivity contribution in [2.75, 3.05) is 4.81 Å². The molecule has 124 valence electrons. The highest BCUT2D eigenvalue weighted by molar-refractivity contribution is 6.53. The van der Waals surface area contributed by atoms with Crippen LogP contribution in [0, 0.1) is 0 Å². The second-order valence-electron chi connectivity index (χ2n) is 7.06. The molecule has 3 nitrogen and oxygen atoms in total. The summed E-state index contributed by atoms with van der Waals surface area (Å²) in [5.74, 6) is 0. The summed E-state index contributed by atoms with van der Waals surface area (Å²) in [6.45, 7) is 12.1. The first-order valence-corrected chi connectivity index (χ1v) is 8.26. The van der Waals surface area contributed by atoms with Gasteiger partial charge in [-0.05, 0) is 57.5 Å². The minimum Gasteiger partial charge on any atom is -0.384 e. The summed E-state index contributed by atoms with van der Waals surface area (Å²) >= 11 is 0. The van der Waals surface area contributed by atoms with Crippen molar-refractivity contribution in [1.82, 2.24) is 0 Å². The topological polar surface area (TPSA) is 21.7 Å². The van der Waals surface area contributed by atoms with E-state index < -0.39 is 7.25 Å². The zero-order valence-electron chi connectivity index (χ0n) is 14.8. The minimum atomic E-state index is -0.480. The van der Waals surface area contributed by atoms with Crippen LogP contribution in [0.15, 0.2) is 61.2 Å². The fourth-order valence-corrected chi connectivity index (χ4v) is 2.67. The average molecular weight is 321 g/mol. The van der Waals surface area contributed by atoms with Crippen LogP contribution in [0.4, 0.5) is 11.4 Å². The van der Waals surface area contributed by atoms with Crippen LogP contribution < -0.4 is 4.81 Å². The van der Waals surface area contributed by atoms with E-state index in [0.29, 0.717) is 0 Å². The Balaban J connectivity index is 2.02. The number of rotatable bonds is 4. The molecule has 1 aliphatic rings. The van der Waals surface area contributed by atoms with Crippen molar-refractivity contribution < 1.29 is 9.31 Å². The van der Waals surface area contributed by atoms with Gasteiger partial charge >= 0.3 is 7.25 Å². The lowest BCUT2D eigenvalue weighted by atomic mass is 9.90. The lowest BCUT2D eigenvalue weighted by molar-refractivity contribution is 0.00578. The molecule has 0 bridgehead atoms. The molecule has 24 heavy (non-hydrogen) atoms. The molecule has 2 aromatic carbocycles. The van der Waals surface area contributed by atoms with Gasteiger partial charge in [-0.1, -0.05) is 43.0 Å². The highest BCUT2D eigenvalue weighted by Gasteiger charge is 2.54. The van der Waals surface area contributed by atoms with E-state index in [9.17, 15) is 0 Å². The van der Waals surface area contributed by atoms with E-state index in [4.69, 9.17) is 9.31 Å². The molecule has 0 aromatic heterocycles. The van der Waals surface area contributed by atoms with Crippen molar-refractivity contribution >= 4 is 24.7 Å². The van der Waals surface area contributed by atoms with Crippen LogP contribution >= 0.6 is 0 Å². The molecule has 0 aliphatic carbocycles. The van der Waals surface area contributed by atoms with E-state index in [1.165, 1.54) is 0 Å². The Morgan fingerprint density at radius 3 is 1.83 bits per heavy atom. The smallest absolute Gasteiger partial charge is 0.384 e. The fourth-order valence-electron chi connectivity index (χ4n) is 2.67. The van der Waals surface area contributed by atoms with E-state index in [0.717, 1.165) is 16.9 Å². The number of hydrogen-bond donors (Lipinski definition) is 0. The first-order valence-electron chi connectivity index (χ1n) is 8.26. The standard InChI is InChI=1S/C20H24BNO2/c1-6-16-12-14-18(15-13-16)22(17-10-8-7-9-11-17)21-23-19(2,3)20(4,5)24-21/h6-15H,1H2,2-5H3. The Hall–Kier alpha value is -2.04. The van der Waals surface area contributed by atoms with Gasteiger partial charge in [0.05, 0.1) is 11.2 Å². The lowest BCUT2D eigenvalue weighted by Gasteiger charge is -2.32. The predicted octanol–water partition coefficient (Wildman–Crippen LogP) is 5.06. The van der Waals surface area contributed by atoms with Gasteiger partial charge in [-0.3, -0.25) is 0 Å². The maximum Gasteiger partial charge on any atom is 0.598 e.